The molecular weight excluding hydrogens is 216 g/mol. The lowest BCUT2D eigenvalue weighted by Gasteiger charge is -1.99. The molecule has 2 aromatic heterocycles. The maximum absolute atomic E-state index is 5.48. The van der Waals surface area contributed by atoms with Crippen molar-refractivity contribution in [3.05, 3.63) is 18.0 Å². The van der Waals surface area contributed by atoms with Crippen molar-refractivity contribution in [3.63, 3.8) is 0 Å². The SMILES string of the molecule is Cn1c(CN)nnc1SCc1ncno1. The molecule has 0 saturated heterocycles. The average Bonchev–Trinajstić information content (AvgIpc) is 2.85. The Morgan fingerprint density at radius 1 is 1.53 bits per heavy atom. The van der Waals surface area contributed by atoms with Gasteiger partial charge in [-0.2, -0.15) is 4.98 Å². The molecule has 0 radical (unpaired) electrons. The Morgan fingerprint density at radius 3 is 3.00 bits per heavy atom. The fraction of sp³-hybridized carbons (Fsp3) is 0.429. The zero-order valence-corrected chi connectivity index (χ0v) is 8.94. The predicted octanol–water partition coefficient (Wildman–Crippen LogP) is -0.0509. The van der Waals surface area contributed by atoms with Crippen LogP contribution in [0.4, 0.5) is 0 Å². The summed E-state index contributed by atoms with van der Waals surface area (Å²) in [7, 11) is 1.87. The van der Waals surface area contributed by atoms with Crippen LogP contribution in [0.1, 0.15) is 11.7 Å². The molecule has 0 saturated carbocycles. The predicted molar refractivity (Wildman–Crippen MR) is 52.8 cm³/mol. The third-order valence-corrected chi connectivity index (χ3v) is 2.84. The van der Waals surface area contributed by atoms with Crippen LogP contribution in [0.15, 0.2) is 16.0 Å². The number of aromatic nitrogens is 5. The molecule has 0 spiro atoms. The largest absolute Gasteiger partial charge is 0.339 e. The molecule has 0 aromatic carbocycles. The molecule has 0 bridgehead atoms. The van der Waals surface area contributed by atoms with Crippen molar-refractivity contribution in [1.82, 2.24) is 24.9 Å². The van der Waals surface area contributed by atoms with Crippen LogP contribution in [-0.2, 0) is 19.3 Å². The van der Waals surface area contributed by atoms with Gasteiger partial charge in [-0.25, -0.2) is 0 Å². The maximum atomic E-state index is 5.48. The van der Waals surface area contributed by atoms with Gasteiger partial charge < -0.3 is 14.8 Å². The summed E-state index contributed by atoms with van der Waals surface area (Å²) in [6.07, 6.45) is 1.37. The van der Waals surface area contributed by atoms with Crippen molar-refractivity contribution in [2.45, 2.75) is 17.5 Å². The Hall–Kier alpha value is -1.41. The normalized spacial score (nSPS) is 10.8. The fourth-order valence-electron chi connectivity index (χ4n) is 1.03. The van der Waals surface area contributed by atoms with E-state index in [-0.39, 0.29) is 0 Å². The second-order valence-electron chi connectivity index (χ2n) is 2.79. The van der Waals surface area contributed by atoms with Crippen LogP contribution in [0.2, 0.25) is 0 Å². The number of hydrogen-bond acceptors (Lipinski definition) is 7. The van der Waals surface area contributed by atoms with E-state index in [1.54, 1.807) is 0 Å². The summed E-state index contributed by atoms with van der Waals surface area (Å²) in [4.78, 5) is 3.91. The van der Waals surface area contributed by atoms with Gasteiger partial charge in [-0.3, -0.25) is 0 Å². The first-order chi connectivity index (χ1) is 7.31. The van der Waals surface area contributed by atoms with Crippen molar-refractivity contribution in [3.8, 4) is 0 Å². The summed E-state index contributed by atoms with van der Waals surface area (Å²) < 4.78 is 6.71. The molecule has 2 rings (SSSR count). The molecule has 0 amide bonds. The van der Waals surface area contributed by atoms with Gasteiger partial charge in [0.15, 0.2) is 11.5 Å². The first-order valence-electron chi connectivity index (χ1n) is 4.28. The van der Waals surface area contributed by atoms with E-state index < -0.39 is 0 Å². The minimum atomic E-state index is 0.380. The molecular formula is C7H10N6OS. The lowest BCUT2D eigenvalue weighted by atomic mass is 10.6. The molecule has 80 valence electrons. The van der Waals surface area contributed by atoms with Gasteiger partial charge in [-0.05, 0) is 0 Å². The molecule has 2 heterocycles. The molecule has 0 aliphatic carbocycles. The van der Waals surface area contributed by atoms with Crippen molar-refractivity contribution < 1.29 is 4.52 Å². The van der Waals surface area contributed by atoms with E-state index in [9.17, 15) is 0 Å². The molecule has 0 unspecified atom stereocenters. The number of hydrogen-bond donors (Lipinski definition) is 1. The van der Waals surface area contributed by atoms with Crippen LogP contribution in [0.5, 0.6) is 0 Å². The molecule has 7 nitrogen and oxygen atoms in total. The van der Waals surface area contributed by atoms with E-state index in [0.29, 0.717) is 18.2 Å². The van der Waals surface area contributed by atoms with Gasteiger partial charge in [-0.15, -0.1) is 10.2 Å². The fourth-order valence-corrected chi connectivity index (χ4v) is 1.81. The number of thioether (sulfide) groups is 1. The number of nitrogens with zero attached hydrogens (tertiary/aromatic N) is 5. The lowest BCUT2D eigenvalue weighted by molar-refractivity contribution is 0.390. The van der Waals surface area contributed by atoms with Gasteiger partial charge in [-0.1, -0.05) is 16.9 Å². The van der Waals surface area contributed by atoms with Crippen LogP contribution in [-0.4, -0.2) is 24.9 Å². The molecule has 2 N–H and O–H groups in total. The Bertz CT molecular complexity index is 425. The monoisotopic (exact) mass is 226 g/mol. The smallest absolute Gasteiger partial charge is 0.236 e. The van der Waals surface area contributed by atoms with E-state index in [1.165, 1.54) is 18.1 Å². The molecule has 8 heteroatoms. The van der Waals surface area contributed by atoms with Crippen LogP contribution < -0.4 is 5.73 Å². The van der Waals surface area contributed by atoms with Crippen LogP contribution in [0.3, 0.4) is 0 Å². The van der Waals surface area contributed by atoms with Crippen molar-refractivity contribution >= 4 is 11.8 Å². The molecule has 2 aromatic rings. The quantitative estimate of drug-likeness (QED) is 0.730. The van der Waals surface area contributed by atoms with Gasteiger partial charge in [0.2, 0.25) is 5.89 Å². The highest BCUT2D eigenvalue weighted by Gasteiger charge is 2.09. The third kappa shape index (κ3) is 2.16. The van der Waals surface area contributed by atoms with Gasteiger partial charge >= 0.3 is 0 Å². The van der Waals surface area contributed by atoms with E-state index in [4.69, 9.17) is 10.3 Å². The number of nitrogens with two attached hydrogens (primary N) is 1. The van der Waals surface area contributed by atoms with E-state index >= 15 is 0 Å². The molecule has 0 aliphatic heterocycles. The standard InChI is InChI=1S/C7H10N6OS/c1-13-5(2-8)11-12-7(13)15-3-6-9-4-10-14-6/h4H,2-3,8H2,1H3. The number of rotatable bonds is 4. The Kier molecular flexibility index (Phi) is 2.97. The minimum absolute atomic E-state index is 0.380. The summed E-state index contributed by atoms with van der Waals surface area (Å²) in [6.45, 7) is 0.380. The van der Waals surface area contributed by atoms with Gasteiger partial charge in [0.05, 0.1) is 12.3 Å². The summed E-state index contributed by atoms with van der Waals surface area (Å²) in [5.74, 6) is 1.90. The summed E-state index contributed by atoms with van der Waals surface area (Å²) in [5, 5.41) is 12.2. The Morgan fingerprint density at radius 2 is 2.40 bits per heavy atom. The lowest BCUT2D eigenvalue weighted by Crippen LogP contribution is -2.05. The topological polar surface area (TPSA) is 95.7 Å². The first kappa shape index (κ1) is 10.1. The van der Waals surface area contributed by atoms with Gasteiger partial charge in [0.25, 0.3) is 0 Å². The second-order valence-corrected chi connectivity index (χ2v) is 3.73. The summed E-state index contributed by atoms with van der Waals surface area (Å²) >= 11 is 1.48. The zero-order chi connectivity index (χ0) is 10.7. The highest BCUT2D eigenvalue weighted by molar-refractivity contribution is 7.98. The maximum Gasteiger partial charge on any atom is 0.236 e. The van der Waals surface area contributed by atoms with Crippen LogP contribution >= 0.6 is 11.8 Å². The second kappa shape index (κ2) is 4.41. The van der Waals surface area contributed by atoms with E-state index in [0.717, 1.165) is 11.0 Å². The molecule has 0 atom stereocenters. The highest BCUT2D eigenvalue weighted by Crippen LogP contribution is 2.19. The van der Waals surface area contributed by atoms with E-state index in [1.807, 2.05) is 11.6 Å². The summed E-state index contributed by atoms with van der Waals surface area (Å²) in [5.41, 5.74) is 5.48. The minimum Gasteiger partial charge on any atom is -0.339 e. The third-order valence-electron chi connectivity index (χ3n) is 1.84. The highest BCUT2D eigenvalue weighted by atomic mass is 32.2. The Balaban J connectivity index is 2.02. The first-order valence-corrected chi connectivity index (χ1v) is 5.26. The van der Waals surface area contributed by atoms with Crippen molar-refractivity contribution in [2.75, 3.05) is 0 Å². The molecule has 15 heavy (non-hydrogen) atoms. The summed E-state index contributed by atoms with van der Waals surface area (Å²) in [6, 6.07) is 0. The Labute approximate surface area is 90.1 Å². The van der Waals surface area contributed by atoms with Crippen LogP contribution in [0.25, 0.3) is 0 Å². The van der Waals surface area contributed by atoms with Crippen molar-refractivity contribution in [2.24, 2.45) is 12.8 Å². The van der Waals surface area contributed by atoms with E-state index in [2.05, 4.69) is 20.3 Å². The molecule has 0 aliphatic rings. The van der Waals surface area contributed by atoms with Gasteiger partial charge in [0, 0.05) is 7.05 Å². The zero-order valence-electron chi connectivity index (χ0n) is 8.12. The van der Waals surface area contributed by atoms with Crippen molar-refractivity contribution in [1.29, 1.82) is 0 Å². The van der Waals surface area contributed by atoms with Crippen LogP contribution in [0, 0.1) is 0 Å². The van der Waals surface area contributed by atoms with Gasteiger partial charge in [0.1, 0.15) is 5.82 Å². The molecule has 0 fully saturated rings. The average molecular weight is 226 g/mol.